The maximum absolute atomic E-state index is 13.4. The number of rotatable bonds is 6. The second-order valence-electron chi connectivity index (χ2n) is 5.73. The van der Waals surface area contributed by atoms with E-state index in [2.05, 4.69) is 19.2 Å². The van der Waals surface area contributed by atoms with Crippen molar-refractivity contribution in [2.45, 2.75) is 33.1 Å². The molecule has 0 aromatic heterocycles. The number of nitrogens with one attached hydrogen (secondary N) is 1. The molecule has 1 N–H and O–H groups in total. The monoisotopic (exact) mass is 265 g/mol. The number of hydrogen-bond donors (Lipinski definition) is 1. The summed E-state index contributed by atoms with van der Waals surface area (Å²) >= 11 is 0. The Balaban J connectivity index is 2.09. The standard InChI is InChI=1S/C16H24FNO/c1-3-7-18-11-16(6-8-19-12-16)10-14-9-15(17)5-4-13(14)2/h4-5,9,18H,3,6-8,10-12H2,1-2H3. The van der Waals surface area contributed by atoms with Gasteiger partial charge in [-0.2, -0.15) is 0 Å². The van der Waals surface area contributed by atoms with Crippen LogP contribution in [0.25, 0.3) is 0 Å². The maximum atomic E-state index is 13.4. The summed E-state index contributed by atoms with van der Waals surface area (Å²) in [4.78, 5) is 0. The zero-order valence-corrected chi connectivity index (χ0v) is 12.0. The summed E-state index contributed by atoms with van der Waals surface area (Å²) in [5.41, 5.74) is 2.42. The van der Waals surface area contributed by atoms with Gasteiger partial charge in [-0.3, -0.25) is 0 Å². The van der Waals surface area contributed by atoms with Gasteiger partial charge in [0.25, 0.3) is 0 Å². The molecule has 106 valence electrons. The second kappa shape index (κ2) is 6.49. The minimum atomic E-state index is -0.142. The Bertz CT molecular complexity index is 413. The van der Waals surface area contributed by atoms with Crippen molar-refractivity contribution in [2.24, 2.45) is 5.41 Å². The third-order valence-corrected chi connectivity index (χ3v) is 3.99. The predicted molar refractivity (Wildman–Crippen MR) is 75.9 cm³/mol. The van der Waals surface area contributed by atoms with Gasteiger partial charge in [0.05, 0.1) is 6.61 Å². The van der Waals surface area contributed by atoms with Crippen molar-refractivity contribution >= 4 is 0 Å². The average molecular weight is 265 g/mol. The fourth-order valence-electron chi connectivity index (χ4n) is 2.76. The zero-order valence-electron chi connectivity index (χ0n) is 12.0. The first-order valence-electron chi connectivity index (χ1n) is 7.19. The van der Waals surface area contributed by atoms with Crippen LogP contribution in [0.3, 0.4) is 0 Å². The van der Waals surface area contributed by atoms with Crippen molar-refractivity contribution in [1.29, 1.82) is 0 Å². The molecule has 1 aromatic rings. The molecule has 2 rings (SSSR count). The molecule has 1 atom stereocenters. The van der Waals surface area contributed by atoms with E-state index in [9.17, 15) is 4.39 Å². The molecule has 19 heavy (non-hydrogen) atoms. The highest BCUT2D eigenvalue weighted by molar-refractivity contribution is 5.28. The van der Waals surface area contributed by atoms with E-state index in [1.165, 1.54) is 11.6 Å². The van der Waals surface area contributed by atoms with Crippen LogP contribution in [0.5, 0.6) is 0 Å². The lowest BCUT2D eigenvalue weighted by Crippen LogP contribution is -2.37. The molecule has 1 aliphatic rings. The molecule has 1 saturated heterocycles. The lowest BCUT2D eigenvalue weighted by atomic mass is 9.80. The first-order valence-corrected chi connectivity index (χ1v) is 7.19. The van der Waals surface area contributed by atoms with Crippen molar-refractivity contribution in [1.82, 2.24) is 5.32 Å². The van der Waals surface area contributed by atoms with Gasteiger partial charge < -0.3 is 10.1 Å². The molecule has 1 unspecified atom stereocenters. The van der Waals surface area contributed by atoms with Gasteiger partial charge in [0.1, 0.15) is 5.82 Å². The van der Waals surface area contributed by atoms with Crippen molar-refractivity contribution < 1.29 is 9.13 Å². The molecular weight excluding hydrogens is 241 g/mol. The largest absolute Gasteiger partial charge is 0.381 e. The molecular formula is C16H24FNO. The van der Waals surface area contributed by atoms with Gasteiger partial charge in [-0.25, -0.2) is 4.39 Å². The number of hydrogen-bond acceptors (Lipinski definition) is 2. The molecule has 0 amide bonds. The second-order valence-corrected chi connectivity index (χ2v) is 5.73. The third kappa shape index (κ3) is 3.77. The van der Waals surface area contributed by atoms with Crippen LogP contribution in [0, 0.1) is 18.2 Å². The van der Waals surface area contributed by atoms with Gasteiger partial charge in [0.2, 0.25) is 0 Å². The van der Waals surface area contributed by atoms with E-state index in [0.717, 1.165) is 51.1 Å². The van der Waals surface area contributed by atoms with Crippen LogP contribution in [0.1, 0.15) is 30.9 Å². The van der Waals surface area contributed by atoms with Gasteiger partial charge in [0.15, 0.2) is 0 Å². The summed E-state index contributed by atoms with van der Waals surface area (Å²) in [7, 11) is 0. The van der Waals surface area contributed by atoms with Crippen molar-refractivity contribution in [2.75, 3.05) is 26.3 Å². The Kier molecular flexibility index (Phi) is 4.94. The first kappa shape index (κ1) is 14.5. The maximum Gasteiger partial charge on any atom is 0.123 e. The normalized spacial score (nSPS) is 22.9. The Morgan fingerprint density at radius 1 is 1.42 bits per heavy atom. The van der Waals surface area contributed by atoms with E-state index >= 15 is 0 Å². The van der Waals surface area contributed by atoms with Crippen LogP contribution >= 0.6 is 0 Å². The number of benzene rings is 1. The Labute approximate surface area is 115 Å². The van der Waals surface area contributed by atoms with E-state index in [1.807, 2.05) is 6.07 Å². The smallest absolute Gasteiger partial charge is 0.123 e. The van der Waals surface area contributed by atoms with Crippen molar-refractivity contribution in [3.8, 4) is 0 Å². The van der Waals surface area contributed by atoms with Gasteiger partial charge in [-0.15, -0.1) is 0 Å². The highest BCUT2D eigenvalue weighted by Crippen LogP contribution is 2.33. The van der Waals surface area contributed by atoms with Crippen molar-refractivity contribution in [3.05, 3.63) is 35.1 Å². The average Bonchev–Trinajstić information content (AvgIpc) is 2.83. The molecule has 0 radical (unpaired) electrons. The van der Waals surface area contributed by atoms with E-state index in [-0.39, 0.29) is 11.2 Å². The van der Waals surface area contributed by atoms with E-state index in [0.29, 0.717) is 0 Å². The van der Waals surface area contributed by atoms with E-state index in [1.54, 1.807) is 6.07 Å². The molecule has 0 aliphatic carbocycles. The fourth-order valence-corrected chi connectivity index (χ4v) is 2.76. The molecule has 1 heterocycles. The topological polar surface area (TPSA) is 21.3 Å². The van der Waals surface area contributed by atoms with Crippen LogP contribution in [0.15, 0.2) is 18.2 Å². The van der Waals surface area contributed by atoms with Gasteiger partial charge in [-0.05, 0) is 56.0 Å². The van der Waals surface area contributed by atoms with Crippen LogP contribution in [-0.2, 0) is 11.2 Å². The zero-order chi connectivity index (χ0) is 13.7. The fraction of sp³-hybridized carbons (Fsp3) is 0.625. The minimum absolute atomic E-state index is 0.133. The Morgan fingerprint density at radius 2 is 2.26 bits per heavy atom. The third-order valence-electron chi connectivity index (χ3n) is 3.99. The quantitative estimate of drug-likeness (QED) is 0.798. The summed E-state index contributed by atoms with van der Waals surface area (Å²) in [5, 5.41) is 3.50. The molecule has 1 aromatic carbocycles. The molecule has 0 spiro atoms. The van der Waals surface area contributed by atoms with Crippen LogP contribution in [0.2, 0.25) is 0 Å². The highest BCUT2D eigenvalue weighted by atomic mass is 19.1. The summed E-state index contributed by atoms with van der Waals surface area (Å²) in [6.45, 7) is 7.81. The van der Waals surface area contributed by atoms with Crippen LogP contribution in [0.4, 0.5) is 4.39 Å². The number of ether oxygens (including phenoxy) is 1. The molecule has 1 fully saturated rings. The first-order chi connectivity index (χ1) is 9.15. The molecule has 3 heteroatoms. The lowest BCUT2D eigenvalue weighted by molar-refractivity contribution is 0.149. The summed E-state index contributed by atoms with van der Waals surface area (Å²) < 4.78 is 19.0. The van der Waals surface area contributed by atoms with Gasteiger partial charge in [-0.1, -0.05) is 13.0 Å². The number of halogens is 1. The Hall–Kier alpha value is -0.930. The molecule has 0 bridgehead atoms. The predicted octanol–water partition coefficient (Wildman–Crippen LogP) is 3.08. The van der Waals surface area contributed by atoms with E-state index in [4.69, 9.17) is 4.74 Å². The summed E-state index contributed by atoms with van der Waals surface area (Å²) in [6, 6.07) is 5.08. The summed E-state index contributed by atoms with van der Waals surface area (Å²) in [6.07, 6.45) is 3.09. The molecule has 0 saturated carbocycles. The summed E-state index contributed by atoms with van der Waals surface area (Å²) in [5.74, 6) is -0.142. The minimum Gasteiger partial charge on any atom is -0.381 e. The van der Waals surface area contributed by atoms with Crippen LogP contribution < -0.4 is 5.32 Å². The van der Waals surface area contributed by atoms with Gasteiger partial charge in [0, 0.05) is 18.6 Å². The number of aryl methyl sites for hydroxylation is 1. The van der Waals surface area contributed by atoms with Gasteiger partial charge >= 0.3 is 0 Å². The molecule has 2 nitrogen and oxygen atoms in total. The van der Waals surface area contributed by atoms with E-state index < -0.39 is 0 Å². The molecule has 1 aliphatic heterocycles. The Morgan fingerprint density at radius 3 is 2.95 bits per heavy atom. The van der Waals surface area contributed by atoms with Crippen molar-refractivity contribution in [3.63, 3.8) is 0 Å². The SMILES string of the molecule is CCCNCC1(Cc2cc(F)ccc2C)CCOC1. The lowest BCUT2D eigenvalue weighted by Gasteiger charge is -2.28. The van der Waals surface area contributed by atoms with Crippen LogP contribution in [-0.4, -0.2) is 26.3 Å². The highest BCUT2D eigenvalue weighted by Gasteiger charge is 2.35.